The Kier molecular flexibility index (Phi) is 5.03. The van der Waals surface area contributed by atoms with E-state index in [9.17, 15) is 0 Å². The molecule has 2 heteroatoms. The number of rotatable bonds is 5. The maximum Gasteiger partial charge on any atom is 0.0356 e. The lowest BCUT2D eigenvalue weighted by atomic mass is 10.1. The first-order valence-electron chi connectivity index (χ1n) is 6.71. The van der Waals surface area contributed by atoms with E-state index < -0.39 is 0 Å². The third-order valence-electron chi connectivity index (χ3n) is 3.16. The highest BCUT2D eigenvalue weighted by atomic mass is 79.9. The van der Waals surface area contributed by atoms with Gasteiger partial charge >= 0.3 is 0 Å². The minimum absolute atomic E-state index is 0.467. The molecule has 1 unspecified atom stereocenters. The lowest BCUT2D eigenvalue weighted by Gasteiger charge is -2.16. The molecule has 2 rings (SSSR count). The first-order chi connectivity index (χ1) is 9.13. The zero-order chi connectivity index (χ0) is 13.7. The molecule has 0 aliphatic rings. The minimum Gasteiger partial charge on any atom is -0.383 e. The monoisotopic (exact) mass is 317 g/mol. The summed E-state index contributed by atoms with van der Waals surface area (Å²) in [5.41, 5.74) is 3.86. The third kappa shape index (κ3) is 4.71. The molecule has 0 heterocycles. The van der Waals surface area contributed by atoms with Gasteiger partial charge in [0.25, 0.3) is 0 Å². The van der Waals surface area contributed by atoms with Crippen molar-refractivity contribution in [3.8, 4) is 0 Å². The standard InChI is InChI=1S/C17H20BrN/c1-13-10-16(18)12-17(11-13)19-14(2)8-9-15-6-4-3-5-7-15/h3-7,10-12,14,19H,8-9H2,1-2H3. The molecule has 0 amide bonds. The van der Waals surface area contributed by atoms with Crippen LogP contribution in [0.4, 0.5) is 5.69 Å². The molecule has 1 N–H and O–H groups in total. The first-order valence-corrected chi connectivity index (χ1v) is 7.50. The fourth-order valence-corrected chi connectivity index (χ4v) is 2.81. The van der Waals surface area contributed by atoms with Crippen LogP contribution >= 0.6 is 15.9 Å². The fraction of sp³-hybridized carbons (Fsp3) is 0.294. The van der Waals surface area contributed by atoms with Crippen LogP contribution < -0.4 is 5.32 Å². The van der Waals surface area contributed by atoms with E-state index in [4.69, 9.17) is 0 Å². The molecule has 0 spiro atoms. The predicted octanol–water partition coefficient (Wildman–Crippen LogP) is 5.19. The predicted molar refractivity (Wildman–Crippen MR) is 86.7 cm³/mol. The van der Waals surface area contributed by atoms with Gasteiger partial charge < -0.3 is 5.32 Å². The van der Waals surface area contributed by atoms with Crippen LogP contribution in [0.1, 0.15) is 24.5 Å². The van der Waals surface area contributed by atoms with Crippen LogP contribution in [-0.4, -0.2) is 6.04 Å². The number of hydrogen-bond donors (Lipinski definition) is 1. The van der Waals surface area contributed by atoms with Crippen molar-refractivity contribution >= 4 is 21.6 Å². The van der Waals surface area contributed by atoms with Crippen LogP contribution in [0.15, 0.2) is 53.0 Å². The number of anilines is 1. The largest absolute Gasteiger partial charge is 0.383 e. The highest BCUT2D eigenvalue weighted by Gasteiger charge is 2.04. The molecule has 19 heavy (non-hydrogen) atoms. The summed E-state index contributed by atoms with van der Waals surface area (Å²) in [5, 5.41) is 3.56. The van der Waals surface area contributed by atoms with Gasteiger partial charge in [0.2, 0.25) is 0 Å². The minimum atomic E-state index is 0.467. The summed E-state index contributed by atoms with van der Waals surface area (Å²) in [6.45, 7) is 4.35. The number of benzene rings is 2. The van der Waals surface area contributed by atoms with E-state index in [0.29, 0.717) is 6.04 Å². The smallest absolute Gasteiger partial charge is 0.0356 e. The zero-order valence-electron chi connectivity index (χ0n) is 11.5. The summed E-state index contributed by atoms with van der Waals surface area (Å²) in [6, 6.07) is 17.6. The quantitative estimate of drug-likeness (QED) is 0.800. The van der Waals surface area contributed by atoms with Crippen molar-refractivity contribution in [3.63, 3.8) is 0 Å². The van der Waals surface area contributed by atoms with Crippen molar-refractivity contribution in [2.45, 2.75) is 32.7 Å². The van der Waals surface area contributed by atoms with Crippen molar-refractivity contribution in [1.29, 1.82) is 0 Å². The van der Waals surface area contributed by atoms with Crippen molar-refractivity contribution in [2.75, 3.05) is 5.32 Å². The Morgan fingerprint density at radius 2 is 1.84 bits per heavy atom. The average Bonchev–Trinajstić information content (AvgIpc) is 2.36. The van der Waals surface area contributed by atoms with Gasteiger partial charge in [-0.1, -0.05) is 46.3 Å². The summed E-state index contributed by atoms with van der Waals surface area (Å²) < 4.78 is 1.13. The van der Waals surface area contributed by atoms with Gasteiger partial charge in [0.05, 0.1) is 0 Å². The molecule has 2 aromatic carbocycles. The second-order valence-corrected chi connectivity index (χ2v) is 6.00. The lowest BCUT2D eigenvalue weighted by Crippen LogP contribution is -2.16. The molecule has 1 nitrogen and oxygen atoms in total. The topological polar surface area (TPSA) is 12.0 Å². The molecule has 2 aromatic rings. The van der Waals surface area contributed by atoms with Gasteiger partial charge in [-0.15, -0.1) is 0 Å². The fourth-order valence-electron chi connectivity index (χ4n) is 2.20. The number of halogens is 1. The molecular weight excluding hydrogens is 298 g/mol. The SMILES string of the molecule is Cc1cc(Br)cc(NC(C)CCc2ccccc2)c1. The van der Waals surface area contributed by atoms with E-state index >= 15 is 0 Å². The Balaban J connectivity index is 1.89. The van der Waals surface area contributed by atoms with E-state index in [1.807, 2.05) is 0 Å². The molecular formula is C17H20BrN. The summed E-state index contributed by atoms with van der Waals surface area (Å²) in [6.07, 6.45) is 2.25. The van der Waals surface area contributed by atoms with Crippen molar-refractivity contribution in [2.24, 2.45) is 0 Å². The van der Waals surface area contributed by atoms with Gasteiger partial charge in [0, 0.05) is 16.2 Å². The maximum absolute atomic E-state index is 3.56. The van der Waals surface area contributed by atoms with Gasteiger partial charge in [-0.2, -0.15) is 0 Å². The van der Waals surface area contributed by atoms with Crippen molar-refractivity contribution in [1.82, 2.24) is 0 Å². The Bertz CT molecular complexity index is 502. The molecule has 0 aliphatic heterocycles. The molecule has 0 saturated carbocycles. The molecule has 0 bridgehead atoms. The van der Waals surface area contributed by atoms with Gasteiger partial charge in [-0.25, -0.2) is 0 Å². The van der Waals surface area contributed by atoms with E-state index in [2.05, 4.69) is 83.6 Å². The lowest BCUT2D eigenvalue weighted by molar-refractivity contribution is 0.706. The van der Waals surface area contributed by atoms with Crippen LogP contribution in [0, 0.1) is 6.92 Å². The van der Waals surface area contributed by atoms with Crippen LogP contribution in [0.5, 0.6) is 0 Å². The van der Waals surface area contributed by atoms with Gasteiger partial charge in [-0.05, 0) is 56.0 Å². The zero-order valence-corrected chi connectivity index (χ0v) is 13.1. The summed E-state index contributed by atoms with van der Waals surface area (Å²) in [5.74, 6) is 0. The van der Waals surface area contributed by atoms with E-state index in [1.54, 1.807) is 0 Å². The van der Waals surface area contributed by atoms with Crippen LogP contribution in [-0.2, 0) is 6.42 Å². The molecule has 0 radical (unpaired) electrons. The molecule has 0 aliphatic carbocycles. The van der Waals surface area contributed by atoms with Crippen LogP contribution in [0.3, 0.4) is 0 Å². The number of hydrogen-bond acceptors (Lipinski definition) is 1. The number of nitrogens with one attached hydrogen (secondary N) is 1. The maximum atomic E-state index is 3.56. The third-order valence-corrected chi connectivity index (χ3v) is 3.62. The summed E-state index contributed by atoms with van der Waals surface area (Å²) >= 11 is 3.54. The molecule has 0 aromatic heterocycles. The Hall–Kier alpha value is -1.28. The summed E-state index contributed by atoms with van der Waals surface area (Å²) in [4.78, 5) is 0. The molecule has 0 fully saturated rings. The average molecular weight is 318 g/mol. The molecule has 1 atom stereocenters. The van der Waals surface area contributed by atoms with Gasteiger partial charge in [0.15, 0.2) is 0 Å². The second-order valence-electron chi connectivity index (χ2n) is 5.09. The van der Waals surface area contributed by atoms with Gasteiger partial charge in [0.1, 0.15) is 0 Å². The van der Waals surface area contributed by atoms with E-state index in [1.165, 1.54) is 16.8 Å². The van der Waals surface area contributed by atoms with E-state index in [0.717, 1.165) is 17.3 Å². The van der Waals surface area contributed by atoms with Crippen molar-refractivity contribution in [3.05, 3.63) is 64.1 Å². The summed E-state index contributed by atoms with van der Waals surface area (Å²) in [7, 11) is 0. The Morgan fingerprint density at radius 1 is 1.11 bits per heavy atom. The highest BCUT2D eigenvalue weighted by molar-refractivity contribution is 9.10. The first kappa shape index (κ1) is 14.1. The normalized spacial score (nSPS) is 12.2. The Labute approximate surface area is 124 Å². The van der Waals surface area contributed by atoms with Gasteiger partial charge in [-0.3, -0.25) is 0 Å². The second kappa shape index (κ2) is 6.76. The van der Waals surface area contributed by atoms with Crippen LogP contribution in [0.2, 0.25) is 0 Å². The molecule has 100 valence electrons. The van der Waals surface area contributed by atoms with Crippen molar-refractivity contribution < 1.29 is 0 Å². The number of aryl methyl sites for hydroxylation is 2. The van der Waals surface area contributed by atoms with E-state index in [-0.39, 0.29) is 0 Å². The highest BCUT2D eigenvalue weighted by Crippen LogP contribution is 2.20. The molecule has 0 saturated heterocycles. The van der Waals surface area contributed by atoms with Crippen LogP contribution in [0.25, 0.3) is 0 Å². The Morgan fingerprint density at radius 3 is 2.53 bits per heavy atom.